The van der Waals surface area contributed by atoms with E-state index in [1.807, 2.05) is 6.92 Å². The molecule has 0 N–H and O–H groups in total. The Kier molecular flexibility index (Phi) is 4.02. The molecule has 8 heteroatoms. The second kappa shape index (κ2) is 5.92. The first-order chi connectivity index (χ1) is 9.79. The summed E-state index contributed by atoms with van der Waals surface area (Å²) < 4.78 is 3.91. The van der Waals surface area contributed by atoms with Crippen LogP contribution in [0.5, 0.6) is 0 Å². The van der Waals surface area contributed by atoms with Gasteiger partial charge >= 0.3 is 0 Å². The zero-order valence-corrected chi connectivity index (χ0v) is 12.8. The van der Waals surface area contributed by atoms with Gasteiger partial charge in [-0.2, -0.15) is 0 Å². The Balaban J connectivity index is 1.84. The fourth-order valence-electron chi connectivity index (χ4n) is 2.49. The van der Waals surface area contributed by atoms with Gasteiger partial charge in [0.15, 0.2) is 5.01 Å². The zero-order chi connectivity index (χ0) is 13.9. The summed E-state index contributed by atoms with van der Waals surface area (Å²) in [7, 11) is 0. The third-order valence-corrected chi connectivity index (χ3v) is 5.48. The van der Waals surface area contributed by atoms with Gasteiger partial charge in [-0.25, -0.2) is 0 Å². The molecule has 0 bridgehead atoms. The maximum absolute atomic E-state index is 11.4. The number of hydrogen-bond acceptors (Lipinski definition) is 7. The Morgan fingerprint density at radius 3 is 2.65 bits per heavy atom. The topological polar surface area (TPSA) is 71.9 Å². The van der Waals surface area contributed by atoms with Crippen LogP contribution in [-0.4, -0.2) is 32.2 Å². The molecule has 106 valence electrons. The number of hydrogen-bond donors (Lipinski definition) is 0. The Labute approximate surface area is 125 Å². The molecule has 2 aromatic heterocycles. The van der Waals surface area contributed by atoms with Crippen molar-refractivity contribution in [2.75, 3.05) is 4.90 Å². The molecule has 0 radical (unpaired) electrons. The molecule has 1 saturated carbocycles. The number of aryl methyl sites for hydroxylation is 1. The van der Waals surface area contributed by atoms with Crippen molar-refractivity contribution in [2.24, 2.45) is 0 Å². The highest BCUT2D eigenvalue weighted by Gasteiger charge is 2.24. The van der Waals surface area contributed by atoms with Crippen LogP contribution in [0, 0.1) is 6.92 Å². The summed E-state index contributed by atoms with van der Waals surface area (Å²) in [4.78, 5) is 14.1. The van der Waals surface area contributed by atoms with Crippen LogP contribution >= 0.6 is 22.9 Å². The second-order valence-corrected chi connectivity index (χ2v) is 6.59. The van der Waals surface area contributed by atoms with Gasteiger partial charge in [-0.15, -0.1) is 15.3 Å². The van der Waals surface area contributed by atoms with Gasteiger partial charge in [0.1, 0.15) is 4.88 Å². The van der Waals surface area contributed by atoms with E-state index in [4.69, 9.17) is 0 Å². The van der Waals surface area contributed by atoms with Gasteiger partial charge in [0.2, 0.25) is 11.5 Å². The fraction of sp³-hybridized carbons (Fsp3) is 0.583. The number of carbonyl (C=O) groups excluding carboxylic acids is 1. The standard InChI is InChI=1S/C12H15N5OS2/c1-8-10(20-16-13-8)11-14-15-12(19-11)17(7-18)9-5-3-2-4-6-9/h7,9H,2-6H2,1H3. The summed E-state index contributed by atoms with van der Waals surface area (Å²) in [5.41, 5.74) is 0.855. The lowest BCUT2D eigenvalue weighted by atomic mass is 9.95. The van der Waals surface area contributed by atoms with Crippen molar-refractivity contribution in [3.63, 3.8) is 0 Å². The van der Waals surface area contributed by atoms with Crippen LogP contribution in [-0.2, 0) is 4.79 Å². The third kappa shape index (κ3) is 2.57. The van der Waals surface area contributed by atoms with Gasteiger partial charge in [0.05, 0.1) is 5.69 Å². The average Bonchev–Trinajstić information content (AvgIpc) is 3.10. The molecule has 0 aliphatic heterocycles. The predicted molar refractivity (Wildman–Crippen MR) is 79.0 cm³/mol. The van der Waals surface area contributed by atoms with Crippen molar-refractivity contribution < 1.29 is 4.79 Å². The predicted octanol–water partition coefficient (Wildman–Crippen LogP) is 2.66. The molecular formula is C12H15N5OS2. The van der Waals surface area contributed by atoms with E-state index in [1.165, 1.54) is 42.1 Å². The molecule has 0 spiro atoms. The van der Waals surface area contributed by atoms with Crippen molar-refractivity contribution in [3.05, 3.63) is 5.69 Å². The third-order valence-electron chi connectivity index (χ3n) is 3.56. The Bertz CT molecular complexity index is 590. The van der Waals surface area contributed by atoms with E-state index in [0.717, 1.165) is 34.8 Å². The minimum Gasteiger partial charge on any atom is -0.286 e. The molecule has 0 aromatic carbocycles. The van der Waals surface area contributed by atoms with Crippen LogP contribution in [0.25, 0.3) is 9.88 Å². The van der Waals surface area contributed by atoms with Crippen molar-refractivity contribution in [2.45, 2.75) is 45.1 Å². The normalized spacial score (nSPS) is 16.2. The second-order valence-electron chi connectivity index (χ2n) is 4.88. The number of aromatic nitrogens is 4. The first-order valence-electron chi connectivity index (χ1n) is 6.66. The van der Waals surface area contributed by atoms with E-state index in [0.29, 0.717) is 5.13 Å². The number of nitrogens with zero attached hydrogens (tertiary/aromatic N) is 5. The first kappa shape index (κ1) is 13.6. The number of carbonyl (C=O) groups is 1. The maximum Gasteiger partial charge on any atom is 0.216 e. The highest BCUT2D eigenvalue weighted by molar-refractivity contribution is 7.22. The van der Waals surface area contributed by atoms with Gasteiger partial charge in [-0.1, -0.05) is 35.1 Å². The van der Waals surface area contributed by atoms with E-state index in [1.54, 1.807) is 4.90 Å². The Morgan fingerprint density at radius 2 is 2.00 bits per heavy atom. The molecule has 1 aliphatic carbocycles. The van der Waals surface area contributed by atoms with Gasteiger partial charge in [-0.3, -0.25) is 9.69 Å². The molecule has 0 unspecified atom stereocenters. The quantitative estimate of drug-likeness (QED) is 0.812. The van der Waals surface area contributed by atoms with Crippen LogP contribution in [0.15, 0.2) is 0 Å². The molecule has 1 fully saturated rings. The highest BCUT2D eigenvalue weighted by Crippen LogP contribution is 2.34. The number of anilines is 1. The molecule has 1 amide bonds. The van der Waals surface area contributed by atoms with E-state index < -0.39 is 0 Å². The van der Waals surface area contributed by atoms with Crippen molar-refractivity contribution >= 4 is 34.4 Å². The Hall–Kier alpha value is -1.41. The molecule has 2 aromatic rings. The number of amides is 1. The molecule has 1 aliphatic rings. The van der Waals surface area contributed by atoms with E-state index in [-0.39, 0.29) is 6.04 Å². The first-order valence-corrected chi connectivity index (χ1v) is 8.25. The van der Waals surface area contributed by atoms with Crippen LogP contribution in [0.1, 0.15) is 37.8 Å². The minimum absolute atomic E-state index is 0.266. The van der Waals surface area contributed by atoms with Crippen LogP contribution in [0.3, 0.4) is 0 Å². The molecular weight excluding hydrogens is 294 g/mol. The van der Waals surface area contributed by atoms with Crippen molar-refractivity contribution in [3.8, 4) is 9.88 Å². The molecule has 6 nitrogen and oxygen atoms in total. The van der Waals surface area contributed by atoms with E-state index >= 15 is 0 Å². The van der Waals surface area contributed by atoms with Crippen molar-refractivity contribution in [1.29, 1.82) is 0 Å². The van der Waals surface area contributed by atoms with E-state index in [9.17, 15) is 4.79 Å². The van der Waals surface area contributed by atoms with Gasteiger partial charge in [0.25, 0.3) is 0 Å². The fourth-order valence-corrected chi connectivity index (χ4v) is 4.13. The lowest BCUT2D eigenvalue weighted by Crippen LogP contribution is -2.35. The van der Waals surface area contributed by atoms with Gasteiger partial charge < -0.3 is 0 Å². The number of rotatable bonds is 4. The monoisotopic (exact) mass is 309 g/mol. The summed E-state index contributed by atoms with van der Waals surface area (Å²) in [6.45, 7) is 1.90. The van der Waals surface area contributed by atoms with Crippen LogP contribution < -0.4 is 4.90 Å². The highest BCUT2D eigenvalue weighted by atomic mass is 32.1. The van der Waals surface area contributed by atoms with Crippen LogP contribution in [0.2, 0.25) is 0 Å². The maximum atomic E-state index is 11.4. The zero-order valence-electron chi connectivity index (χ0n) is 11.2. The van der Waals surface area contributed by atoms with Crippen LogP contribution in [0.4, 0.5) is 5.13 Å². The lowest BCUT2D eigenvalue weighted by Gasteiger charge is -2.28. The molecule has 2 heterocycles. The largest absolute Gasteiger partial charge is 0.286 e. The minimum atomic E-state index is 0.266. The molecule has 20 heavy (non-hydrogen) atoms. The smallest absolute Gasteiger partial charge is 0.216 e. The summed E-state index contributed by atoms with van der Waals surface area (Å²) >= 11 is 2.74. The lowest BCUT2D eigenvalue weighted by molar-refractivity contribution is -0.108. The van der Waals surface area contributed by atoms with Gasteiger partial charge in [-0.05, 0) is 31.3 Å². The molecule has 0 atom stereocenters. The summed E-state index contributed by atoms with van der Waals surface area (Å²) in [6.07, 6.45) is 6.61. The molecule has 3 rings (SSSR count). The summed E-state index contributed by atoms with van der Waals surface area (Å²) in [5, 5.41) is 13.8. The summed E-state index contributed by atoms with van der Waals surface area (Å²) in [6, 6.07) is 0.266. The van der Waals surface area contributed by atoms with Crippen molar-refractivity contribution in [1.82, 2.24) is 19.8 Å². The Morgan fingerprint density at radius 1 is 1.20 bits per heavy atom. The molecule has 0 saturated heterocycles. The van der Waals surface area contributed by atoms with Gasteiger partial charge in [0, 0.05) is 6.04 Å². The summed E-state index contributed by atoms with van der Waals surface area (Å²) in [5.74, 6) is 0. The SMILES string of the molecule is Cc1nnsc1-c1nnc(N(C=O)C2CCCCC2)s1. The van der Waals surface area contributed by atoms with E-state index in [2.05, 4.69) is 19.8 Å². The average molecular weight is 309 g/mol.